The Kier molecular flexibility index (Phi) is 6.06. The molecule has 2 aromatic heterocycles. The number of carbonyl (C=O) groups is 2. The second-order valence-electron chi connectivity index (χ2n) is 7.64. The first-order chi connectivity index (χ1) is 15.0. The summed E-state index contributed by atoms with van der Waals surface area (Å²) in [4.78, 5) is 42.2. The number of aliphatic hydroxyl groups is 1. The third-order valence-electron chi connectivity index (χ3n) is 5.68. The van der Waals surface area contributed by atoms with Crippen LogP contribution in [0.4, 0.5) is 0 Å². The van der Waals surface area contributed by atoms with E-state index in [4.69, 9.17) is 4.74 Å². The summed E-state index contributed by atoms with van der Waals surface area (Å²) in [7, 11) is 0. The van der Waals surface area contributed by atoms with Gasteiger partial charge in [-0.25, -0.2) is 9.97 Å². The topological polar surface area (TPSA) is 109 Å². The number of carbonyl (C=O) groups excluding carboxylic acids is 2. The molecule has 2 aliphatic heterocycles. The maximum atomic E-state index is 13.0. The summed E-state index contributed by atoms with van der Waals surface area (Å²) < 4.78 is 5.38. The molecule has 0 aliphatic carbocycles. The molecule has 31 heavy (non-hydrogen) atoms. The van der Waals surface area contributed by atoms with Crippen LogP contribution in [0.15, 0.2) is 36.3 Å². The van der Waals surface area contributed by atoms with Crippen molar-refractivity contribution in [1.82, 2.24) is 24.8 Å². The van der Waals surface area contributed by atoms with Crippen LogP contribution in [0.1, 0.15) is 28.7 Å². The normalized spacial score (nSPS) is 21.6. The minimum absolute atomic E-state index is 0.0498. The fourth-order valence-corrected chi connectivity index (χ4v) is 4.04. The van der Waals surface area contributed by atoms with Crippen LogP contribution in [0.3, 0.4) is 0 Å². The molecule has 0 aromatic carbocycles. The van der Waals surface area contributed by atoms with Crippen molar-refractivity contribution in [2.75, 3.05) is 39.4 Å². The average molecular weight is 423 g/mol. The first-order valence-corrected chi connectivity index (χ1v) is 10.3. The Balaban J connectivity index is 1.74. The van der Waals surface area contributed by atoms with E-state index < -0.39 is 17.7 Å². The highest BCUT2D eigenvalue weighted by Gasteiger charge is 2.46. The largest absolute Gasteiger partial charge is 0.507 e. The van der Waals surface area contributed by atoms with Crippen molar-refractivity contribution in [1.29, 1.82) is 0 Å². The van der Waals surface area contributed by atoms with Gasteiger partial charge in [0.1, 0.15) is 11.6 Å². The molecule has 9 nitrogen and oxygen atoms in total. The number of amides is 1. The minimum atomic E-state index is -0.707. The van der Waals surface area contributed by atoms with Gasteiger partial charge >= 0.3 is 0 Å². The first kappa shape index (κ1) is 21.1. The molecule has 2 saturated heterocycles. The lowest BCUT2D eigenvalue weighted by Gasteiger charge is -2.31. The highest BCUT2D eigenvalue weighted by molar-refractivity contribution is 6.46. The molecule has 0 radical (unpaired) electrons. The van der Waals surface area contributed by atoms with E-state index in [-0.39, 0.29) is 11.3 Å². The van der Waals surface area contributed by atoms with Crippen molar-refractivity contribution in [3.63, 3.8) is 0 Å². The first-order valence-electron chi connectivity index (χ1n) is 10.3. The number of ketones is 1. The van der Waals surface area contributed by atoms with Crippen molar-refractivity contribution in [2.24, 2.45) is 0 Å². The third-order valence-corrected chi connectivity index (χ3v) is 5.68. The number of hydrogen-bond acceptors (Lipinski definition) is 8. The van der Waals surface area contributed by atoms with E-state index >= 15 is 0 Å². The molecule has 0 saturated carbocycles. The maximum Gasteiger partial charge on any atom is 0.295 e. The van der Waals surface area contributed by atoms with Crippen LogP contribution < -0.4 is 0 Å². The molecule has 0 spiro atoms. The molecular formula is C22H25N5O4. The molecule has 162 valence electrons. The van der Waals surface area contributed by atoms with Crippen LogP contribution in [-0.4, -0.2) is 80.9 Å². The molecule has 4 rings (SSSR count). The fourth-order valence-electron chi connectivity index (χ4n) is 4.04. The van der Waals surface area contributed by atoms with Crippen molar-refractivity contribution in [2.45, 2.75) is 19.9 Å². The number of pyridine rings is 1. The van der Waals surface area contributed by atoms with Crippen molar-refractivity contribution >= 4 is 17.4 Å². The summed E-state index contributed by atoms with van der Waals surface area (Å²) in [5, 5.41) is 11.1. The van der Waals surface area contributed by atoms with Gasteiger partial charge in [0.05, 0.1) is 36.1 Å². The number of rotatable bonds is 5. The Morgan fingerprint density at radius 1 is 1.16 bits per heavy atom. The summed E-state index contributed by atoms with van der Waals surface area (Å²) in [5.74, 6) is -1.03. The lowest BCUT2D eigenvalue weighted by Crippen LogP contribution is -2.42. The van der Waals surface area contributed by atoms with E-state index in [9.17, 15) is 14.7 Å². The molecular weight excluding hydrogens is 398 g/mol. The van der Waals surface area contributed by atoms with Crippen LogP contribution in [0, 0.1) is 13.8 Å². The predicted octanol–water partition coefficient (Wildman–Crippen LogP) is 1.24. The van der Waals surface area contributed by atoms with Gasteiger partial charge < -0.3 is 14.7 Å². The number of ether oxygens (including phenoxy) is 1. The summed E-state index contributed by atoms with van der Waals surface area (Å²) in [6.45, 7) is 7.33. The monoisotopic (exact) mass is 423 g/mol. The lowest BCUT2D eigenvalue weighted by atomic mass is 9.96. The number of nitrogens with zero attached hydrogens (tertiary/aromatic N) is 5. The Labute approximate surface area is 180 Å². The number of morpholine rings is 1. The summed E-state index contributed by atoms with van der Waals surface area (Å²) in [6.07, 6.45) is 4.70. The van der Waals surface area contributed by atoms with E-state index in [1.54, 1.807) is 38.4 Å². The fraction of sp³-hybridized carbons (Fsp3) is 0.409. The molecule has 9 heteroatoms. The highest BCUT2D eigenvalue weighted by Crippen LogP contribution is 2.39. The number of aliphatic hydroxyl groups excluding tert-OH is 1. The molecule has 2 fully saturated rings. The predicted molar refractivity (Wildman–Crippen MR) is 112 cm³/mol. The minimum Gasteiger partial charge on any atom is -0.507 e. The van der Waals surface area contributed by atoms with Gasteiger partial charge in [0.2, 0.25) is 0 Å². The van der Waals surface area contributed by atoms with Crippen LogP contribution in [0.2, 0.25) is 0 Å². The smallest absolute Gasteiger partial charge is 0.295 e. The zero-order valence-corrected chi connectivity index (χ0v) is 17.6. The van der Waals surface area contributed by atoms with Crippen molar-refractivity contribution in [3.05, 3.63) is 58.9 Å². The molecule has 2 aromatic rings. The second kappa shape index (κ2) is 8.91. The van der Waals surface area contributed by atoms with Gasteiger partial charge in [-0.05, 0) is 31.5 Å². The van der Waals surface area contributed by atoms with Crippen LogP contribution in [0.5, 0.6) is 0 Å². The van der Waals surface area contributed by atoms with Gasteiger partial charge in [0, 0.05) is 44.8 Å². The van der Waals surface area contributed by atoms with Crippen LogP contribution in [-0.2, 0) is 14.3 Å². The molecule has 4 heterocycles. The SMILES string of the molecule is Cc1ncc(/C(O)=C2\C(=O)C(=O)N(CCN3CCOCC3)[C@H]2c2ccncc2)c(C)n1. The van der Waals surface area contributed by atoms with Gasteiger partial charge in [0.25, 0.3) is 11.7 Å². The van der Waals surface area contributed by atoms with Gasteiger partial charge in [-0.15, -0.1) is 0 Å². The Hall–Kier alpha value is -3.17. The van der Waals surface area contributed by atoms with Gasteiger partial charge in [-0.3, -0.25) is 19.5 Å². The van der Waals surface area contributed by atoms with Crippen molar-refractivity contribution in [3.8, 4) is 0 Å². The number of likely N-dealkylation sites (tertiary alicyclic amines) is 1. The van der Waals surface area contributed by atoms with E-state index in [0.717, 1.165) is 13.1 Å². The lowest BCUT2D eigenvalue weighted by molar-refractivity contribution is -0.140. The molecule has 2 aliphatic rings. The van der Waals surface area contributed by atoms with Crippen molar-refractivity contribution < 1.29 is 19.4 Å². The van der Waals surface area contributed by atoms with E-state index in [1.807, 2.05) is 0 Å². The number of aromatic nitrogens is 3. The Morgan fingerprint density at radius 3 is 2.55 bits per heavy atom. The van der Waals surface area contributed by atoms with Crippen LogP contribution in [0.25, 0.3) is 5.76 Å². The maximum absolute atomic E-state index is 13.0. The van der Waals surface area contributed by atoms with E-state index in [1.165, 1.54) is 11.1 Å². The zero-order valence-electron chi connectivity index (χ0n) is 17.6. The van der Waals surface area contributed by atoms with E-state index in [0.29, 0.717) is 48.9 Å². The van der Waals surface area contributed by atoms with Gasteiger partial charge in [0.15, 0.2) is 0 Å². The molecule has 1 atom stereocenters. The quantitative estimate of drug-likeness (QED) is 0.435. The van der Waals surface area contributed by atoms with Gasteiger partial charge in [-0.2, -0.15) is 0 Å². The standard InChI is InChI=1S/C22H25N5O4/c1-14-17(13-24-15(2)25-14)20(28)18-19(16-3-5-23-6-4-16)27(22(30)21(18)29)8-7-26-9-11-31-12-10-26/h3-6,13,19,28H,7-12H2,1-2H3/b20-18+/t19-/m0/s1. The number of Topliss-reactive ketones (excluding diaryl/α,β-unsaturated/α-hetero) is 1. The molecule has 0 unspecified atom stereocenters. The molecule has 0 bridgehead atoms. The second-order valence-corrected chi connectivity index (χ2v) is 7.64. The Morgan fingerprint density at radius 2 is 1.87 bits per heavy atom. The zero-order chi connectivity index (χ0) is 22.0. The summed E-state index contributed by atoms with van der Waals surface area (Å²) >= 11 is 0. The Bertz CT molecular complexity index is 1020. The van der Waals surface area contributed by atoms with E-state index in [2.05, 4.69) is 19.9 Å². The number of aryl methyl sites for hydroxylation is 2. The molecule has 1 amide bonds. The summed E-state index contributed by atoms with van der Waals surface area (Å²) in [5.41, 5.74) is 1.64. The average Bonchev–Trinajstić information content (AvgIpc) is 3.03. The van der Waals surface area contributed by atoms with Crippen LogP contribution >= 0.6 is 0 Å². The van der Waals surface area contributed by atoms with Gasteiger partial charge in [-0.1, -0.05) is 0 Å². The highest BCUT2D eigenvalue weighted by atomic mass is 16.5. The third kappa shape index (κ3) is 4.19. The summed E-state index contributed by atoms with van der Waals surface area (Å²) in [6, 6.07) is 2.80. The number of hydrogen-bond donors (Lipinski definition) is 1. The molecule has 1 N–H and O–H groups in total.